The quantitative estimate of drug-likeness (QED) is 0.844. The molecule has 0 aromatic heterocycles. The van der Waals surface area contributed by atoms with E-state index in [2.05, 4.69) is 0 Å². The van der Waals surface area contributed by atoms with Crippen molar-refractivity contribution in [3.63, 3.8) is 0 Å². The van der Waals surface area contributed by atoms with Crippen molar-refractivity contribution in [2.24, 2.45) is 0 Å². The number of ether oxygens (including phenoxy) is 1. The van der Waals surface area contributed by atoms with E-state index in [-0.39, 0.29) is 18.7 Å². The fraction of sp³-hybridized carbons (Fsp3) is 0.333. The highest BCUT2D eigenvalue weighted by molar-refractivity contribution is 6.08. The van der Waals surface area contributed by atoms with Crippen LogP contribution in [0.5, 0.6) is 5.75 Å². The van der Waals surface area contributed by atoms with E-state index < -0.39 is 23.5 Å². The van der Waals surface area contributed by atoms with E-state index in [1.54, 1.807) is 24.3 Å². The molecule has 0 radical (unpaired) electrons. The van der Waals surface area contributed by atoms with Gasteiger partial charge in [0.25, 0.3) is 5.91 Å². The van der Waals surface area contributed by atoms with Gasteiger partial charge in [0.1, 0.15) is 5.75 Å². The Morgan fingerprint density at radius 3 is 2.62 bits per heavy atom. The van der Waals surface area contributed by atoms with E-state index >= 15 is 0 Å². The Hall–Kier alpha value is -2.34. The number of carbonyl (C=O) groups excluding carboxylic acids is 2. The van der Waals surface area contributed by atoms with E-state index in [0.717, 1.165) is 0 Å². The van der Waals surface area contributed by atoms with Gasteiger partial charge in [-0.1, -0.05) is 18.2 Å². The predicted octanol–water partition coefficient (Wildman–Crippen LogP) is 0.972. The Morgan fingerprint density at radius 2 is 2.05 bits per heavy atom. The predicted molar refractivity (Wildman–Crippen MR) is 74.9 cm³/mol. The number of β-amino-alcohol motifs (C(OH)–C–C–N with tert-alkyl or cyclic N) is 1. The number of aliphatic hydroxyl groups is 2. The van der Waals surface area contributed by atoms with E-state index in [1.807, 2.05) is 0 Å². The van der Waals surface area contributed by atoms with Crippen LogP contribution in [0.1, 0.15) is 18.5 Å². The third-order valence-corrected chi connectivity index (χ3v) is 3.46. The molecule has 1 aromatic rings. The monoisotopic (exact) mass is 291 g/mol. The summed E-state index contributed by atoms with van der Waals surface area (Å²) >= 11 is 0. The number of benzene rings is 1. The van der Waals surface area contributed by atoms with Crippen molar-refractivity contribution >= 4 is 11.7 Å². The van der Waals surface area contributed by atoms with Gasteiger partial charge >= 0.3 is 0 Å². The van der Waals surface area contributed by atoms with Crippen molar-refractivity contribution in [1.82, 2.24) is 4.90 Å². The fourth-order valence-corrected chi connectivity index (χ4v) is 2.57. The maximum absolute atomic E-state index is 12.1. The van der Waals surface area contributed by atoms with Gasteiger partial charge in [-0.2, -0.15) is 0 Å². The number of aliphatic hydroxyl groups excluding tert-OH is 2. The van der Waals surface area contributed by atoms with Gasteiger partial charge in [-0.05, 0) is 13.0 Å². The lowest BCUT2D eigenvalue weighted by atomic mass is 9.96. The van der Waals surface area contributed by atoms with Crippen LogP contribution in [0.25, 0.3) is 0 Å². The summed E-state index contributed by atoms with van der Waals surface area (Å²) in [6.07, 6.45) is 0. The summed E-state index contributed by atoms with van der Waals surface area (Å²) in [5, 5.41) is 19.1. The number of hydrogen-bond acceptors (Lipinski definition) is 5. The van der Waals surface area contributed by atoms with Crippen molar-refractivity contribution in [3.8, 4) is 5.75 Å². The van der Waals surface area contributed by atoms with Crippen LogP contribution in [0, 0.1) is 0 Å². The van der Waals surface area contributed by atoms with Crippen LogP contribution in [0.3, 0.4) is 0 Å². The molecule has 1 heterocycles. The Kier molecular flexibility index (Phi) is 4.28. The number of rotatable bonds is 5. The van der Waals surface area contributed by atoms with Crippen LogP contribution in [-0.2, 0) is 9.59 Å². The summed E-state index contributed by atoms with van der Waals surface area (Å²) < 4.78 is 5.27. The molecule has 0 saturated heterocycles. The molecule has 0 spiro atoms. The van der Waals surface area contributed by atoms with Gasteiger partial charge in [0.2, 0.25) is 0 Å². The Bertz CT molecular complexity index is 608. The van der Waals surface area contributed by atoms with Crippen LogP contribution in [-0.4, -0.2) is 47.1 Å². The van der Waals surface area contributed by atoms with E-state index in [9.17, 15) is 14.7 Å². The lowest BCUT2D eigenvalue weighted by molar-refractivity contribution is -0.129. The number of ketones is 1. The lowest BCUT2D eigenvalue weighted by Crippen LogP contribution is -2.33. The molecule has 2 rings (SSSR count). The lowest BCUT2D eigenvalue weighted by Gasteiger charge is -2.26. The highest BCUT2D eigenvalue weighted by Crippen LogP contribution is 2.40. The van der Waals surface area contributed by atoms with Crippen molar-refractivity contribution < 1.29 is 24.5 Å². The van der Waals surface area contributed by atoms with Gasteiger partial charge in [-0.25, -0.2) is 0 Å². The first-order valence-electron chi connectivity index (χ1n) is 6.51. The summed E-state index contributed by atoms with van der Waals surface area (Å²) in [4.78, 5) is 25.2. The Morgan fingerprint density at radius 1 is 1.38 bits per heavy atom. The zero-order valence-electron chi connectivity index (χ0n) is 11.9. The second-order valence-electron chi connectivity index (χ2n) is 4.69. The third-order valence-electron chi connectivity index (χ3n) is 3.46. The fourth-order valence-electron chi connectivity index (χ4n) is 2.57. The van der Waals surface area contributed by atoms with Crippen LogP contribution in [0.15, 0.2) is 35.6 Å². The highest BCUT2D eigenvalue weighted by atomic mass is 16.5. The van der Waals surface area contributed by atoms with E-state index in [0.29, 0.717) is 11.3 Å². The Labute approximate surface area is 122 Å². The molecule has 0 fully saturated rings. The molecule has 0 aliphatic carbocycles. The standard InChI is InChI=1S/C15H17NO5/c1-9(18)12-13(10-5-3-4-6-11(10)21-2)16(7-8-17)15(20)14(12)19/h3-6,13,17,19H,7-8H2,1-2H3. The number of methoxy groups -OCH3 is 1. The van der Waals surface area contributed by atoms with Gasteiger partial charge in [0, 0.05) is 12.1 Å². The van der Waals surface area contributed by atoms with Gasteiger partial charge in [0.05, 0.1) is 25.3 Å². The summed E-state index contributed by atoms with van der Waals surface area (Å²) in [6.45, 7) is 1.04. The number of para-hydroxylation sites is 1. The first kappa shape index (κ1) is 15.1. The minimum absolute atomic E-state index is 0.0163. The minimum Gasteiger partial charge on any atom is -0.503 e. The molecule has 1 aromatic carbocycles. The molecule has 112 valence electrons. The molecule has 1 aliphatic rings. The first-order valence-corrected chi connectivity index (χ1v) is 6.51. The number of amides is 1. The van der Waals surface area contributed by atoms with Gasteiger partial charge in [0.15, 0.2) is 11.5 Å². The zero-order chi connectivity index (χ0) is 15.6. The summed E-state index contributed by atoms with van der Waals surface area (Å²) in [7, 11) is 1.49. The number of carbonyl (C=O) groups is 2. The molecule has 0 saturated carbocycles. The van der Waals surface area contributed by atoms with Crippen molar-refractivity contribution in [3.05, 3.63) is 41.2 Å². The largest absolute Gasteiger partial charge is 0.503 e. The molecule has 1 unspecified atom stereocenters. The van der Waals surface area contributed by atoms with E-state index in [1.165, 1.54) is 18.9 Å². The summed E-state index contributed by atoms with van der Waals surface area (Å²) in [6, 6.07) is 6.21. The molecule has 1 amide bonds. The van der Waals surface area contributed by atoms with Crippen LogP contribution >= 0.6 is 0 Å². The SMILES string of the molecule is COc1ccccc1C1C(C(C)=O)=C(O)C(=O)N1CCO. The molecular weight excluding hydrogens is 274 g/mol. The molecule has 21 heavy (non-hydrogen) atoms. The van der Waals surface area contributed by atoms with Gasteiger partial charge < -0.3 is 19.8 Å². The molecule has 1 aliphatic heterocycles. The second kappa shape index (κ2) is 5.97. The molecule has 0 bridgehead atoms. The van der Waals surface area contributed by atoms with Crippen LogP contribution in [0.2, 0.25) is 0 Å². The molecule has 6 nitrogen and oxygen atoms in total. The van der Waals surface area contributed by atoms with Crippen LogP contribution in [0.4, 0.5) is 0 Å². The van der Waals surface area contributed by atoms with Gasteiger partial charge in [-0.15, -0.1) is 0 Å². The third kappa shape index (κ3) is 2.50. The number of Topliss-reactive ketones (excluding diaryl/α,β-unsaturated/α-hetero) is 1. The van der Waals surface area contributed by atoms with Crippen molar-refractivity contribution in [2.45, 2.75) is 13.0 Å². The first-order chi connectivity index (χ1) is 10.0. The minimum atomic E-state index is -0.752. The molecule has 1 atom stereocenters. The summed E-state index contributed by atoms with van der Waals surface area (Å²) in [5.74, 6) is -1.11. The maximum Gasteiger partial charge on any atom is 0.290 e. The highest BCUT2D eigenvalue weighted by Gasteiger charge is 2.43. The zero-order valence-corrected chi connectivity index (χ0v) is 11.9. The van der Waals surface area contributed by atoms with Crippen LogP contribution < -0.4 is 4.74 Å². The van der Waals surface area contributed by atoms with Crippen molar-refractivity contribution in [2.75, 3.05) is 20.3 Å². The Balaban J connectivity index is 2.59. The van der Waals surface area contributed by atoms with E-state index in [4.69, 9.17) is 9.84 Å². The molecule has 6 heteroatoms. The number of hydrogen-bond donors (Lipinski definition) is 2. The van der Waals surface area contributed by atoms with Crippen molar-refractivity contribution in [1.29, 1.82) is 0 Å². The average Bonchev–Trinajstić information content (AvgIpc) is 2.72. The smallest absolute Gasteiger partial charge is 0.290 e. The topological polar surface area (TPSA) is 87.1 Å². The molecule has 2 N–H and O–H groups in total. The molecular formula is C15H17NO5. The average molecular weight is 291 g/mol. The normalized spacial score (nSPS) is 18.3. The second-order valence-corrected chi connectivity index (χ2v) is 4.69. The summed E-state index contributed by atoms with van der Waals surface area (Å²) in [5.41, 5.74) is 0.619. The van der Waals surface area contributed by atoms with Gasteiger partial charge in [-0.3, -0.25) is 9.59 Å². The number of nitrogens with zero attached hydrogens (tertiary/aromatic N) is 1. The maximum atomic E-state index is 12.1.